The number of nitrogens with two attached hydrogens (primary N) is 1. The van der Waals surface area contributed by atoms with Gasteiger partial charge in [0.1, 0.15) is 11.9 Å². The number of aliphatic hydroxyl groups is 1. The summed E-state index contributed by atoms with van der Waals surface area (Å²) in [6, 6.07) is 6.24. The minimum absolute atomic E-state index is 0.119. The van der Waals surface area contributed by atoms with Gasteiger partial charge in [0, 0.05) is 18.5 Å². The van der Waals surface area contributed by atoms with Gasteiger partial charge in [0.2, 0.25) is 5.91 Å². The lowest BCUT2D eigenvalue weighted by molar-refractivity contribution is -0.129. The van der Waals surface area contributed by atoms with Gasteiger partial charge in [-0.3, -0.25) is 4.79 Å². The first-order chi connectivity index (χ1) is 8.36. The minimum Gasteiger partial charge on any atom is -0.382 e. The third-order valence-electron chi connectivity index (χ3n) is 2.84. The van der Waals surface area contributed by atoms with Crippen molar-refractivity contribution in [2.24, 2.45) is 5.73 Å². The second kappa shape index (κ2) is 5.93. The third-order valence-corrected chi connectivity index (χ3v) is 2.84. The molecule has 0 bridgehead atoms. The summed E-state index contributed by atoms with van der Waals surface area (Å²) in [5.41, 5.74) is 5.54. The van der Waals surface area contributed by atoms with Crippen molar-refractivity contribution in [1.82, 2.24) is 5.32 Å². The van der Waals surface area contributed by atoms with Gasteiger partial charge in [-0.15, -0.1) is 0 Å². The molecule has 0 aliphatic rings. The van der Waals surface area contributed by atoms with Gasteiger partial charge in [-0.25, -0.2) is 4.39 Å². The molecule has 0 aliphatic carbocycles. The molecule has 1 aromatic carbocycles. The number of nitrogens with one attached hydrogen (secondary N) is 1. The van der Waals surface area contributed by atoms with Crippen molar-refractivity contribution in [2.75, 3.05) is 13.1 Å². The summed E-state index contributed by atoms with van der Waals surface area (Å²) >= 11 is 0. The van der Waals surface area contributed by atoms with E-state index in [0.29, 0.717) is 6.54 Å². The largest absolute Gasteiger partial charge is 0.382 e. The summed E-state index contributed by atoms with van der Waals surface area (Å²) in [4.78, 5) is 11.4. The molecule has 0 aromatic heterocycles. The molecule has 1 aromatic rings. The predicted octanol–water partition coefficient (Wildman–Crippen LogP) is 0.539. The molecule has 1 atom stereocenters. The zero-order valence-electron chi connectivity index (χ0n) is 10.6. The van der Waals surface area contributed by atoms with E-state index < -0.39 is 17.4 Å². The number of hydrogen-bond donors (Lipinski definition) is 3. The van der Waals surface area contributed by atoms with Crippen molar-refractivity contribution in [2.45, 2.75) is 25.4 Å². The number of aliphatic hydroxyl groups excluding tert-OH is 1. The van der Waals surface area contributed by atoms with Crippen LogP contribution in [0.5, 0.6) is 0 Å². The van der Waals surface area contributed by atoms with Crippen LogP contribution in [0.1, 0.15) is 19.4 Å². The number of carbonyl (C=O) groups excluding carboxylic acids is 1. The molecule has 5 heteroatoms. The van der Waals surface area contributed by atoms with Crippen molar-refractivity contribution in [3.63, 3.8) is 0 Å². The Labute approximate surface area is 106 Å². The molecule has 100 valence electrons. The zero-order valence-corrected chi connectivity index (χ0v) is 10.6. The van der Waals surface area contributed by atoms with E-state index in [1.807, 2.05) is 13.8 Å². The third kappa shape index (κ3) is 3.78. The van der Waals surface area contributed by atoms with Gasteiger partial charge in [0.15, 0.2) is 0 Å². The number of rotatable bonds is 5. The molecule has 0 saturated heterocycles. The van der Waals surface area contributed by atoms with E-state index in [2.05, 4.69) is 5.32 Å². The lowest BCUT2D eigenvalue weighted by atomic mass is 9.84. The van der Waals surface area contributed by atoms with E-state index in [1.54, 1.807) is 12.1 Å². The van der Waals surface area contributed by atoms with Crippen molar-refractivity contribution >= 4 is 5.91 Å². The summed E-state index contributed by atoms with van der Waals surface area (Å²) in [5, 5.41) is 11.8. The quantitative estimate of drug-likeness (QED) is 0.718. The SMILES string of the molecule is CC(C)(CNC(=O)C(O)CN)c1cccc(F)c1. The van der Waals surface area contributed by atoms with Gasteiger partial charge in [0.05, 0.1) is 0 Å². The first-order valence-electron chi connectivity index (χ1n) is 5.78. The summed E-state index contributed by atoms with van der Waals surface area (Å²) in [5.74, 6) is -0.823. The first-order valence-corrected chi connectivity index (χ1v) is 5.78. The van der Waals surface area contributed by atoms with Crippen molar-refractivity contribution in [3.8, 4) is 0 Å². The lowest BCUT2D eigenvalue weighted by Crippen LogP contribution is -2.44. The van der Waals surface area contributed by atoms with Gasteiger partial charge in [-0.05, 0) is 17.7 Å². The Bertz CT molecular complexity index is 421. The van der Waals surface area contributed by atoms with Crippen molar-refractivity contribution in [3.05, 3.63) is 35.6 Å². The first kappa shape index (κ1) is 14.6. The van der Waals surface area contributed by atoms with Crippen LogP contribution in [0.2, 0.25) is 0 Å². The van der Waals surface area contributed by atoms with E-state index in [4.69, 9.17) is 5.73 Å². The highest BCUT2D eigenvalue weighted by Crippen LogP contribution is 2.22. The van der Waals surface area contributed by atoms with E-state index >= 15 is 0 Å². The van der Waals surface area contributed by atoms with E-state index in [9.17, 15) is 14.3 Å². The Kier molecular flexibility index (Phi) is 4.81. The highest BCUT2D eigenvalue weighted by molar-refractivity contribution is 5.80. The molecule has 0 heterocycles. The fourth-order valence-corrected chi connectivity index (χ4v) is 1.54. The van der Waals surface area contributed by atoms with Crippen LogP contribution < -0.4 is 11.1 Å². The van der Waals surface area contributed by atoms with E-state index in [-0.39, 0.29) is 12.4 Å². The highest BCUT2D eigenvalue weighted by atomic mass is 19.1. The van der Waals surface area contributed by atoms with Crippen molar-refractivity contribution < 1.29 is 14.3 Å². The Balaban J connectivity index is 2.68. The lowest BCUT2D eigenvalue weighted by Gasteiger charge is -2.26. The van der Waals surface area contributed by atoms with E-state index in [0.717, 1.165) is 5.56 Å². The molecule has 0 radical (unpaired) electrons. The van der Waals surface area contributed by atoms with E-state index in [1.165, 1.54) is 12.1 Å². The number of benzene rings is 1. The van der Waals surface area contributed by atoms with Gasteiger partial charge in [0.25, 0.3) is 0 Å². The highest BCUT2D eigenvalue weighted by Gasteiger charge is 2.23. The molecule has 1 amide bonds. The molecule has 0 spiro atoms. The van der Waals surface area contributed by atoms with Crippen LogP contribution in [-0.2, 0) is 10.2 Å². The van der Waals surface area contributed by atoms with Gasteiger partial charge >= 0.3 is 0 Å². The number of amides is 1. The second-order valence-corrected chi connectivity index (χ2v) is 4.86. The Morgan fingerprint density at radius 3 is 2.78 bits per heavy atom. The van der Waals surface area contributed by atoms with Crippen LogP contribution in [0.25, 0.3) is 0 Å². The van der Waals surface area contributed by atoms with Gasteiger partial charge in [-0.1, -0.05) is 26.0 Å². The molecule has 1 unspecified atom stereocenters. The van der Waals surface area contributed by atoms with Crippen LogP contribution in [0.3, 0.4) is 0 Å². The summed E-state index contributed by atoms with van der Waals surface area (Å²) in [6.07, 6.45) is -1.20. The zero-order chi connectivity index (χ0) is 13.8. The average Bonchev–Trinajstić information content (AvgIpc) is 2.35. The topological polar surface area (TPSA) is 75.3 Å². The summed E-state index contributed by atoms with van der Waals surface area (Å²) < 4.78 is 13.1. The van der Waals surface area contributed by atoms with Crippen LogP contribution >= 0.6 is 0 Å². The maximum Gasteiger partial charge on any atom is 0.250 e. The fourth-order valence-electron chi connectivity index (χ4n) is 1.54. The van der Waals surface area contributed by atoms with Gasteiger partial charge < -0.3 is 16.2 Å². The van der Waals surface area contributed by atoms with Crippen LogP contribution in [0.15, 0.2) is 24.3 Å². The molecule has 4 nitrogen and oxygen atoms in total. The van der Waals surface area contributed by atoms with Crippen LogP contribution in [0, 0.1) is 5.82 Å². The second-order valence-electron chi connectivity index (χ2n) is 4.86. The molecule has 4 N–H and O–H groups in total. The molecule has 0 aliphatic heterocycles. The molecular weight excluding hydrogens is 235 g/mol. The average molecular weight is 254 g/mol. The summed E-state index contributed by atoms with van der Waals surface area (Å²) in [7, 11) is 0. The Morgan fingerprint density at radius 2 is 2.22 bits per heavy atom. The maximum atomic E-state index is 13.1. The molecule has 1 rings (SSSR count). The van der Waals surface area contributed by atoms with Crippen LogP contribution in [-0.4, -0.2) is 30.2 Å². The smallest absolute Gasteiger partial charge is 0.250 e. The number of carbonyl (C=O) groups is 1. The number of hydrogen-bond acceptors (Lipinski definition) is 3. The predicted molar refractivity (Wildman–Crippen MR) is 67.5 cm³/mol. The summed E-state index contributed by atoms with van der Waals surface area (Å²) in [6.45, 7) is 3.95. The molecular formula is C13H19FN2O2. The van der Waals surface area contributed by atoms with Crippen LogP contribution in [0.4, 0.5) is 4.39 Å². The Morgan fingerprint density at radius 1 is 1.56 bits per heavy atom. The fraction of sp³-hybridized carbons (Fsp3) is 0.462. The monoisotopic (exact) mass is 254 g/mol. The van der Waals surface area contributed by atoms with Crippen molar-refractivity contribution in [1.29, 1.82) is 0 Å². The molecule has 0 saturated carbocycles. The molecule has 18 heavy (non-hydrogen) atoms. The maximum absolute atomic E-state index is 13.1. The Hall–Kier alpha value is -1.46. The van der Waals surface area contributed by atoms with Gasteiger partial charge in [-0.2, -0.15) is 0 Å². The number of halogens is 1. The normalized spacial score (nSPS) is 13.2. The standard InChI is InChI=1S/C13H19FN2O2/c1-13(2,8-16-12(18)11(17)7-15)9-4-3-5-10(14)6-9/h3-6,11,17H,7-8,15H2,1-2H3,(H,16,18). The molecule has 0 fully saturated rings. The minimum atomic E-state index is -1.20.